The van der Waals surface area contributed by atoms with Gasteiger partial charge in [-0.3, -0.25) is 14.7 Å². The molecule has 11 nitrogen and oxygen atoms in total. The van der Waals surface area contributed by atoms with Crippen LogP contribution >= 0.6 is 0 Å². The highest BCUT2D eigenvalue weighted by Gasteiger charge is 2.29. The van der Waals surface area contributed by atoms with E-state index in [1.54, 1.807) is 35.1 Å². The molecule has 1 fully saturated rings. The molecule has 192 valence electrons. The number of hydrogen-bond acceptors (Lipinski definition) is 9. The second-order valence-corrected chi connectivity index (χ2v) is 9.39. The van der Waals surface area contributed by atoms with Gasteiger partial charge in [-0.15, -0.1) is 5.10 Å². The van der Waals surface area contributed by atoms with E-state index in [9.17, 15) is 15.2 Å². The Hall–Kier alpha value is -4.69. The quantitative estimate of drug-likeness (QED) is 0.379. The number of carbonyl (C=O) groups is 1. The van der Waals surface area contributed by atoms with Crippen LogP contribution in [-0.2, 0) is 11.3 Å². The largest absolute Gasteiger partial charge is 0.481 e. The second-order valence-electron chi connectivity index (χ2n) is 9.39. The SMILES string of the molecule is C[C@@H](c1cccc(Cn2cc(-c3cc(-c4cccc(C#N)c4)nc(N)n3)nn2)n1)N1CCC[C@@H](C(=O)O)C1. The molecule has 1 aliphatic rings. The van der Waals surface area contributed by atoms with E-state index in [4.69, 9.17) is 10.7 Å². The fraction of sp³-hybridized carbons (Fsp3) is 0.296. The molecule has 0 aliphatic carbocycles. The van der Waals surface area contributed by atoms with Gasteiger partial charge in [-0.1, -0.05) is 23.4 Å². The third kappa shape index (κ3) is 5.50. The number of nitrogen functional groups attached to an aromatic ring is 1. The van der Waals surface area contributed by atoms with Crippen LogP contribution in [0, 0.1) is 17.2 Å². The Morgan fingerprint density at radius 2 is 1.97 bits per heavy atom. The maximum absolute atomic E-state index is 11.5. The molecule has 38 heavy (non-hydrogen) atoms. The number of nitrogens with zero attached hydrogens (tertiary/aromatic N) is 8. The van der Waals surface area contributed by atoms with Crippen molar-refractivity contribution in [2.45, 2.75) is 32.4 Å². The lowest BCUT2D eigenvalue weighted by molar-refractivity contribution is -0.143. The van der Waals surface area contributed by atoms with Crippen LogP contribution < -0.4 is 5.73 Å². The average Bonchev–Trinajstić information content (AvgIpc) is 3.41. The number of carboxylic acids is 1. The highest BCUT2D eigenvalue weighted by Crippen LogP contribution is 2.27. The van der Waals surface area contributed by atoms with Crippen LogP contribution in [0.25, 0.3) is 22.6 Å². The van der Waals surface area contributed by atoms with Crippen molar-refractivity contribution < 1.29 is 9.90 Å². The van der Waals surface area contributed by atoms with Gasteiger partial charge in [0.2, 0.25) is 5.95 Å². The van der Waals surface area contributed by atoms with Crippen molar-refractivity contribution in [2.24, 2.45) is 5.92 Å². The number of hydrogen-bond donors (Lipinski definition) is 2. The molecule has 1 aromatic carbocycles. The molecule has 4 aromatic rings. The minimum absolute atomic E-state index is 0.00496. The summed E-state index contributed by atoms with van der Waals surface area (Å²) in [5, 5.41) is 27.2. The number of rotatable bonds is 7. The molecule has 0 amide bonds. The second kappa shape index (κ2) is 10.7. The van der Waals surface area contributed by atoms with Crippen LogP contribution in [0.15, 0.2) is 54.7 Å². The van der Waals surface area contributed by atoms with Gasteiger partial charge in [0.1, 0.15) is 5.69 Å². The molecule has 0 unspecified atom stereocenters. The molecule has 0 spiro atoms. The normalized spacial score (nSPS) is 16.6. The Balaban J connectivity index is 1.33. The van der Waals surface area contributed by atoms with E-state index < -0.39 is 5.97 Å². The zero-order valence-corrected chi connectivity index (χ0v) is 20.9. The molecule has 1 aliphatic heterocycles. The first kappa shape index (κ1) is 25.0. The molecule has 5 rings (SSSR count). The van der Waals surface area contributed by atoms with E-state index in [-0.39, 0.29) is 17.9 Å². The van der Waals surface area contributed by atoms with Crippen molar-refractivity contribution >= 4 is 11.9 Å². The Kier molecular flexibility index (Phi) is 7.06. The summed E-state index contributed by atoms with van der Waals surface area (Å²) in [7, 11) is 0. The number of aromatic nitrogens is 6. The predicted molar refractivity (Wildman–Crippen MR) is 139 cm³/mol. The molecule has 4 heterocycles. The summed E-state index contributed by atoms with van der Waals surface area (Å²) >= 11 is 0. The van der Waals surface area contributed by atoms with Crippen molar-refractivity contribution in [2.75, 3.05) is 18.8 Å². The zero-order chi connectivity index (χ0) is 26.6. The van der Waals surface area contributed by atoms with E-state index in [0.29, 0.717) is 42.2 Å². The number of piperidine rings is 1. The van der Waals surface area contributed by atoms with E-state index in [0.717, 1.165) is 29.9 Å². The van der Waals surface area contributed by atoms with Gasteiger partial charge in [0.25, 0.3) is 0 Å². The molecule has 0 radical (unpaired) electrons. The van der Waals surface area contributed by atoms with Crippen LogP contribution in [0.4, 0.5) is 5.95 Å². The molecule has 3 N–H and O–H groups in total. The maximum Gasteiger partial charge on any atom is 0.307 e. The fourth-order valence-electron chi connectivity index (χ4n) is 4.72. The third-order valence-corrected chi connectivity index (χ3v) is 6.76. The summed E-state index contributed by atoms with van der Waals surface area (Å²) in [6.45, 7) is 3.85. The minimum Gasteiger partial charge on any atom is -0.481 e. The zero-order valence-electron chi connectivity index (χ0n) is 20.9. The summed E-state index contributed by atoms with van der Waals surface area (Å²) in [5.74, 6) is -0.978. The lowest BCUT2D eigenvalue weighted by Gasteiger charge is -2.35. The van der Waals surface area contributed by atoms with Crippen LogP contribution in [0.1, 0.15) is 42.8 Å². The molecule has 0 bridgehead atoms. The van der Waals surface area contributed by atoms with Gasteiger partial charge in [0.05, 0.1) is 53.1 Å². The topological polar surface area (TPSA) is 160 Å². The van der Waals surface area contributed by atoms with Gasteiger partial charge in [-0.25, -0.2) is 14.6 Å². The minimum atomic E-state index is -0.737. The number of benzene rings is 1. The summed E-state index contributed by atoms with van der Waals surface area (Å²) < 4.78 is 1.68. The highest BCUT2D eigenvalue weighted by molar-refractivity contribution is 5.70. The summed E-state index contributed by atoms with van der Waals surface area (Å²) in [5.41, 5.74) is 10.6. The van der Waals surface area contributed by atoms with E-state index in [1.807, 2.05) is 24.3 Å². The molecular formula is C27H27N9O2. The molecular weight excluding hydrogens is 482 g/mol. The smallest absolute Gasteiger partial charge is 0.307 e. The van der Waals surface area contributed by atoms with Crippen molar-refractivity contribution in [3.8, 4) is 28.7 Å². The van der Waals surface area contributed by atoms with Crippen LogP contribution in [0.3, 0.4) is 0 Å². The van der Waals surface area contributed by atoms with Crippen molar-refractivity contribution in [1.29, 1.82) is 5.26 Å². The molecule has 11 heteroatoms. The molecule has 2 atom stereocenters. The van der Waals surface area contributed by atoms with Gasteiger partial charge < -0.3 is 10.8 Å². The number of carboxylic acid groups (broad SMARTS) is 1. The lowest BCUT2D eigenvalue weighted by Crippen LogP contribution is -2.40. The molecule has 0 saturated carbocycles. The van der Waals surface area contributed by atoms with Crippen molar-refractivity contribution in [3.05, 3.63) is 71.7 Å². The maximum atomic E-state index is 11.5. The number of anilines is 1. The molecule has 1 saturated heterocycles. The van der Waals surface area contributed by atoms with Crippen LogP contribution in [0.5, 0.6) is 0 Å². The highest BCUT2D eigenvalue weighted by atomic mass is 16.4. The van der Waals surface area contributed by atoms with Gasteiger partial charge >= 0.3 is 5.97 Å². The standard InChI is InChI=1S/C27H27N9O2/c1-17(35-10-4-7-20(14-35)26(37)38)22-9-3-8-21(30-22)15-36-16-25(33-34-36)24-12-23(31-27(29)32-24)19-6-2-5-18(11-19)13-28/h2-3,5-6,8-9,11-12,16-17,20H,4,7,10,14-15H2,1H3,(H,37,38)(H2,29,31,32)/t17-,20+/m0/s1. The number of nitrogens with two attached hydrogens (primary N) is 1. The van der Waals surface area contributed by atoms with Gasteiger partial charge in [-0.05, 0) is 56.6 Å². The van der Waals surface area contributed by atoms with E-state index >= 15 is 0 Å². The Morgan fingerprint density at radius 3 is 2.79 bits per heavy atom. The Morgan fingerprint density at radius 1 is 1.16 bits per heavy atom. The van der Waals surface area contributed by atoms with Crippen molar-refractivity contribution in [3.63, 3.8) is 0 Å². The number of pyridine rings is 1. The lowest BCUT2D eigenvalue weighted by atomic mass is 9.96. The first-order chi connectivity index (χ1) is 18.4. The average molecular weight is 510 g/mol. The third-order valence-electron chi connectivity index (χ3n) is 6.76. The summed E-state index contributed by atoms with van der Waals surface area (Å²) in [6.07, 6.45) is 3.35. The Labute approximate surface area is 219 Å². The van der Waals surface area contributed by atoms with E-state index in [2.05, 4.69) is 38.2 Å². The number of nitriles is 1. The molecule has 3 aromatic heterocycles. The van der Waals surface area contributed by atoms with Gasteiger partial charge in [0, 0.05) is 18.2 Å². The predicted octanol–water partition coefficient (Wildman–Crippen LogP) is 3.16. The first-order valence-electron chi connectivity index (χ1n) is 12.4. The Bertz CT molecular complexity index is 1510. The number of likely N-dealkylation sites (tertiary alicyclic amines) is 1. The van der Waals surface area contributed by atoms with Crippen molar-refractivity contribution in [1.82, 2.24) is 34.8 Å². The van der Waals surface area contributed by atoms with Gasteiger partial charge in [-0.2, -0.15) is 5.26 Å². The first-order valence-corrected chi connectivity index (χ1v) is 12.4. The number of aliphatic carboxylic acids is 1. The van der Waals surface area contributed by atoms with Crippen LogP contribution in [-0.4, -0.2) is 59.0 Å². The fourth-order valence-corrected chi connectivity index (χ4v) is 4.72. The van der Waals surface area contributed by atoms with E-state index in [1.165, 1.54) is 0 Å². The monoisotopic (exact) mass is 509 g/mol. The van der Waals surface area contributed by atoms with Gasteiger partial charge in [0.15, 0.2) is 0 Å². The van der Waals surface area contributed by atoms with Crippen LogP contribution in [0.2, 0.25) is 0 Å². The summed E-state index contributed by atoms with van der Waals surface area (Å²) in [6, 6.07) is 16.9. The summed E-state index contributed by atoms with van der Waals surface area (Å²) in [4.78, 5) is 27.1.